The summed E-state index contributed by atoms with van der Waals surface area (Å²) in [5, 5.41) is 11.9. The fraction of sp³-hybridized carbons (Fsp3) is 0.267. The Bertz CT molecular complexity index is 876. The number of urea groups is 1. The lowest BCUT2D eigenvalue weighted by molar-refractivity contribution is 0.0683. The highest BCUT2D eigenvalue weighted by molar-refractivity contribution is 9.10. The largest absolute Gasteiger partial charge is 0.475 e. The third kappa shape index (κ3) is 2.78. The van der Waals surface area contributed by atoms with E-state index in [0.29, 0.717) is 23.9 Å². The van der Waals surface area contributed by atoms with E-state index in [1.54, 1.807) is 18.3 Å². The average molecular weight is 405 g/mol. The van der Waals surface area contributed by atoms with Crippen LogP contribution in [0.1, 0.15) is 17.0 Å². The minimum absolute atomic E-state index is 0.0730. The molecule has 0 radical (unpaired) electrons. The first-order chi connectivity index (χ1) is 12.0. The quantitative estimate of drug-likeness (QED) is 0.786. The zero-order valence-electron chi connectivity index (χ0n) is 12.9. The highest BCUT2D eigenvalue weighted by Gasteiger charge is 2.41. The smallest absolute Gasteiger partial charge is 0.374 e. The summed E-state index contributed by atoms with van der Waals surface area (Å²) in [5.41, 5.74) is 0.663. The van der Waals surface area contributed by atoms with Gasteiger partial charge in [0.2, 0.25) is 5.82 Å². The van der Waals surface area contributed by atoms with Gasteiger partial charge in [0.15, 0.2) is 5.82 Å². The number of carbonyl (C=O) groups excluding carboxylic acids is 1. The molecular weight excluding hydrogens is 392 g/mol. The Kier molecular flexibility index (Phi) is 3.75. The monoisotopic (exact) mass is 404 g/mol. The number of rotatable bonds is 2. The molecule has 1 atom stereocenters. The molecule has 0 saturated carbocycles. The highest BCUT2D eigenvalue weighted by Crippen LogP contribution is 2.38. The number of anilines is 3. The fourth-order valence-electron chi connectivity index (χ4n) is 3.12. The lowest BCUT2D eigenvalue weighted by Crippen LogP contribution is -2.48. The molecule has 128 valence electrons. The van der Waals surface area contributed by atoms with E-state index in [-0.39, 0.29) is 11.9 Å². The van der Waals surface area contributed by atoms with Crippen molar-refractivity contribution in [2.45, 2.75) is 12.5 Å². The summed E-state index contributed by atoms with van der Waals surface area (Å²) in [6.45, 7) is 1.44. The van der Waals surface area contributed by atoms with Crippen molar-refractivity contribution in [3.63, 3.8) is 0 Å². The summed E-state index contributed by atoms with van der Waals surface area (Å²) in [6.07, 6.45) is 3.81. The molecule has 2 aliphatic rings. The van der Waals surface area contributed by atoms with Crippen molar-refractivity contribution in [2.75, 3.05) is 28.2 Å². The number of amides is 2. The van der Waals surface area contributed by atoms with Gasteiger partial charge in [-0.05, 0) is 18.6 Å². The zero-order chi connectivity index (χ0) is 17.6. The second kappa shape index (κ2) is 5.96. The van der Waals surface area contributed by atoms with Crippen LogP contribution in [-0.2, 0) is 0 Å². The second-order valence-electron chi connectivity index (χ2n) is 5.76. The molecule has 2 aromatic heterocycles. The number of aromatic nitrogens is 3. The van der Waals surface area contributed by atoms with Crippen LogP contribution < -0.4 is 15.1 Å². The van der Waals surface area contributed by atoms with Crippen LogP contribution in [0.3, 0.4) is 0 Å². The Morgan fingerprint density at radius 2 is 2.20 bits per heavy atom. The van der Waals surface area contributed by atoms with Crippen LogP contribution in [0, 0.1) is 0 Å². The van der Waals surface area contributed by atoms with Gasteiger partial charge in [0, 0.05) is 23.8 Å². The van der Waals surface area contributed by atoms with Crippen molar-refractivity contribution in [1.29, 1.82) is 0 Å². The molecular formula is C15H13BrN6O3. The van der Waals surface area contributed by atoms with Crippen molar-refractivity contribution in [2.24, 2.45) is 0 Å². The summed E-state index contributed by atoms with van der Waals surface area (Å²) in [7, 11) is 0. The number of nitrogens with one attached hydrogen (secondary N) is 1. The van der Waals surface area contributed by atoms with Gasteiger partial charge in [-0.2, -0.15) is 0 Å². The Morgan fingerprint density at radius 3 is 2.96 bits per heavy atom. The average Bonchev–Trinajstić information content (AvgIpc) is 2.99. The van der Waals surface area contributed by atoms with Crippen LogP contribution in [0.25, 0.3) is 0 Å². The SMILES string of the molecule is O=C(O)c1ncc2c(n1)N(C(=O)Nc1cc(Br)ccn1)C1CCN2C1. The third-order valence-corrected chi connectivity index (χ3v) is 4.71. The fourth-order valence-corrected chi connectivity index (χ4v) is 3.45. The molecule has 4 heterocycles. The van der Waals surface area contributed by atoms with Gasteiger partial charge in [0.1, 0.15) is 5.82 Å². The number of hydrogen-bond acceptors (Lipinski definition) is 6. The summed E-state index contributed by atoms with van der Waals surface area (Å²) < 4.78 is 0.791. The molecule has 25 heavy (non-hydrogen) atoms. The van der Waals surface area contributed by atoms with Gasteiger partial charge in [-0.25, -0.2) is 24.5 Å². The maximum Gasteiger partial charge on any atom is 0.374 e. The van der Waals surface area contributed by atoms with Crippen LogP contribution in [0.5, 0.6) is 0 Å². The molecule has 2 bridgehead atoms. The molecule has 2 aliphatic heterocycles. The van der Waals surface area contributed by atoms with Crippen molar-refractivity contribution < 1.29 is 14.7 Å². The first kappa shape index (κ1) is 15.8. The number of carboxylic acids is 1. The Morgan fingerprint density at radius 1 is 1.36 bits per heavy atom. The van der Waals surface area contributed by atoms with Gasteiger partial charge in [-0.15, -0.1) is 0 Å². The van der Waals surface area contributed by atoms with E-state index < -0.39 is 12.0 Å². The maximum absolute atomic E-state index is 12.8. The molecule has 0 aromatic carbocycles. The predicted molar refractivity (Wildman–Crippen MR) is 93.0 cm³/mol. The number of carbonyl (C=O) groups is 2. The maximum atomic E-state index is 12.8. The molecule has 2 N–H and O–H groups in total. The summed E-state index contributed by atoms with van der Waals surface area (Å²) >= 11 is 3.33. The molecule has 10 heteroatoms. The number of hydrogen-bond donors (Lipinski definition) is 2. The van der Waals surface area contributed by atoms with Gasteiger partial charge in [-0.3, -0.25) is 10.2 Å². The van der Waals surface area contributed by atoms with E-state index in [1.807, 2.05) is 0 Å². The predicted octanol–water partition coefficient (Wildman–Crippen LogP) is 1.96. The minimum Gasteiger partial charge on any atom is -0.475 e. The molecule has 2 amide bonds. The molecule has 1 saturated heterocycles. The van der Waals surface area contributed by atoms with Gasteiger partial charge in [0.25, 0.3) is 0 Å². The Balaban J connectivity index is 1.71. The molecule has 2 aromatic rings. The Labute approximate surface area is 150 Å². The van der Waals surface area contributed by atoms with Crippen LogP contribution in [-0.4, -0.2) is 51.2 Å². The number of carboxylic acid groups (broad SMARTS) is 1. The summed E-state index contributed by atoms with van der Waals surface area (Å²) in [6, 6.07) is 2.98. The van der Waals surface area contributed by atoms with Gasteiger partial charge in [0.05, 0.1) is 17.9 Å². The van der Waals surface area contributed by atoms with E-state index >= 15 is 0 Å². The van der Waals surface area contributed by atoms with E-state index in [0.717, 1.165) is 17.4 Å². The molecule has 9 nitrogen and oxygen atoms in total. The number of nitrogens with zero attached hydrogens (tertiary/aromatic N) is 5. The molecule has 4 rings (SSSR count). The summed E-state index contributed by atoms with van der Waals surface area (Å²) in [4.78, 5) is 39.7. The minimum atomic E-state index is -1.23. The Hall–Kier alpha value is -2.75. The zero-order valence-corrected chi connectivity index (χ0v) is 14.5. The van der Waals surface area contributed by atoms with E-state index in [2.05, 4.69) is 41.1 Å². The summed E-state index contributed by atoms with van der Waals surface area (Å²) in [5.74, 6) is -0.855. The molecule has 1 fully saturated rings. The van der Waals surface area contributed by atoms with E-state index in [4.69, 9.17) is 5.11 Å². The van der Waals surface area contributed by atoms with Crippen molar-refractivity contribution in [3.8, 4) is 0 Å². The van der Waals surface area contributed by atoms with Gasteiger partial charge >= 0.3 is 12.0 Å². The van der Waals surface area contributed by atoms with Crippen molar-refractivity contribution in [1.82, 2.24) is 15.0 Å². The number of halogens is 1. The normalized spacial score (nSPS) is 18.0. The van der Waals surface area contributed by atoms with E-state index in [9.17, 15) is 9.59 Å². The third-order valence-electron chi connectivity index (χ3n) is 4.21. The van der Waals surface area contributed by atoms with Crippen LogP contribution in [0.4, 0.5) is 22.1 Å². The number of pyridine rings is 1. The van der Waals surface area contributed by atoms with Gasteiger partial charge in [-0.1, -0.05) is 15.9 Å². The highest BCUT2D eigenvalue weighted by atomic mass is 79.9. The molecule has 1 unspecified atom stereocenters. The lowest BCUT2D eigenvalue weighted by Gasteiger charge is -2.35. The van der Waals surface area contributed by atoms with E-state index in [1.165, 1.54) is 11.1 Å². The van der Waals surface area contributed by atoms with Crippen LogP contribution in [0.15, 0.2) is 29.0 Å². The lowest BCUT2D eigenvalue weighted by atomic mass is 10.2. The topological polar surface area (TPSA) is 112 Å². The molecule has 0 spiro atoms. The molecule has 0 aliphatic carbocycles. The first-order valence-electron chi connectivity index (χ1n) is 7.60. The first-order valence-corrected chi connectivity index (χ1v) is 8.39. The van der Waals surface area contributed by atoms with Crippen molar-refractivity contribution >= 4 is 45.3 Å². The van der Waals surface area contributed by atoms with Crippen molar-refractivity contribution in [3.05, 3.63) is 34.8 Å². The van der Waals surface area contributed by atoms with Gasteiger partial charge < -0.3 is 10.0 Å². The number of aromatic carboxylic acids is 1. The van der Waals surface area contributed by atoms with Crippen LogP contribution >= 0.6 is 15.9 Å². The number of fused-ring (bicyclic) bond motifs is 4. The van der Waals surface area contributed by atoms with Crippen LogP contribution in [0.2, 0.25) is 0 Å². The second-order valence-corrected chi connectivity index (χ2v) is 6.67. The standard InChI is InChI=1S/C15H13BrN6O3/c16-8-1-3-17-11(5-8)19-15(25)22-9-2-4-21(7-9)10-6-18-12(14(23)24)20-13(10)22/h1,3,5-6,9H,2,4,7H2,(H,23,24)(H,17,19,25).